The van der Waals surface area contributed by atoms with Crippen molar-refractivity contribution in [2.75, 3.05) is 12.4 Å². The molecule has 2 N–H and O–H groups in total. The van der Waals surface area contributed by atoms with Crippen molar-refractivity contribution in [3.05, 3.63) is 24.3 Å². The summed E-state index contributed by atoms with van der Waals surface area (Å²) in [7, 11) is 1.43. The molecule has 18 heavy (non-hydrogen) atoms. The molecule has 0 radical (unpaired) electrons. The maximum atomic E-state index is 11.8. The zero-order valence-corrected chi connectivity index (χ0v) is 10.3. The highest BCUT2D eigenvalue weighted by Gasteiger charge is 2.30. The molecule has 0 aliphatic rings. The number of rotatable bonds is 2. The molecular weight excluding hydrogens is 249 g/mol. The largest absolute Gasteiger partial charge is 0.573 e. The Labute approximate surface area is 103 Å². The number of hydrogen-bond acceptors (Lipinski definition) is 2. The average Bonchev–Trinajstić information content (AvgIpc) is 2.32. The van der Waals surface area contributed by atoms with E-state index in [0.717, 1.165) is 12.1 Å². The van der Waals surface area contributed by atoms with Crippen LogP contribution >= 0.6 is 0 Å². The molecule has 2 amide bonds. The summed E-state index contributed by atoms with van der Waals surface area (Å²) < 4.78 is 39.1. The highest BCUT2D eigenvalue weighted by Crippen LogP contribution is 2.23. The zero-order chi connectivity index (χ0) is 14.2. The second-order valence-electron chi connectivity index (χ2n) is 2.78. The molecule has 0 spiro atoms. The second-order valence-corrected chi connectivity index (χ2v) is 2.78. The summed E-state index contributed by atoms with van der Waals surface area (Å²) in [6, 6.07) is 4.37. The molecule has 0 heterocycles. The third-order valence-electron chi connectivity index (χ3n) is 1.57. The number of anilines is 1. The summed E-state index contributed by atoms with van der Waals surface area (Å²) in [5.41, 5.74) is 0.369. The number of ether oxygens (including phenoxy) is 1. The summed E-state index contributed by atoms with van der Waals surface area (Å²) in [5.74, 6) is -0.338. The van der Waals surface area contributed by atoms with Gasteiger partial charge in [0, 0.05) is 12.7 Å². The van der Waals surface area contributed by atoms with E-state index < -0.39 is 12.4 Å². The SMILES string of the molecule is CC.CNC(=O)Nc1ccc(OC(F)(F)F)cc1. The van der Waals surface area contributed by atoms with Crippen LogP contribution in [0.15, 0.2) is 24.3 Å². The molecule has 1 aromatic carbocycles. The molecule has 0 atom stereocenters. The van der Waals surface area contributed by atoms with E-state index in [1.54, 1.807) is 0 Å². The van der Waals surface area contributed by atoms with Crippen LogP contribution in [-0.4, -0.2) is 19.4 Å². The molecule has 7 heteroatoms. The molecule has 0 aliphatic carbocycles. The molecule has 0 saturated heterocycles. The van der Waals surface area contributed by atoms with Gasteiger partial charge in [-0.05, 0) is 24.3 Å². The summed E-state index contributed by atoms with van der Waals surface area (Å²) in [5, 5.41) is 4.70. The van der Waals surface area contributed by atoms with Crippen LogP contribution in [0.4, 0.5) is 23.7 Å². The Bertz CT molecular complexity index is 364. The van der Waals surface area contributed by atoms with Gasteiger partial charge in [0.15, 0.2) is 0 Å². The monoisotopic (exact) mass is 264 g/mol. The summed E-state index contributed by atoms with van der Waals surface area (Å²) in [6.45, 7) is 4.00. The molecule has 0 aromatic heterocycles. The minimum atomic E-state index is -4.71. The Morgan fingerprint density at radius 2 is 1.67 bits per heavy atom. The molecule has 102 valence electrons. The molecule has 1 aromatic rings. The van der Waals surface area contributed by atoms with Gasteiger partial charge in [-0.15, -0.1) is 13.2 Å². The molecule has 1 rings (SSSR count). The lowest BCUT2D eigenvalue weighted by molar-refractivity contribution is -0.274. The first-order chi connectivity index (χ1) is 8.40. The van der Waals surface area contributed by atoms with Crippen molar-refractivity contribution in [1.29, 1.82) is 0 Å². The minimum absolute atomic E-state index is 0.338. The third-order valence-corrected chi connectivity index (χ3v) is 1.57. The van der Waals surface area contributed by atoms with Crippen molar-refractivity contribution in [2.24, 2.45) is 0 Å². The van der Waals surface area contributed by atoms with Crippen molar-refractivity contribution < 1.29 is 22.7 Å². The van der Waals surface area contributed by atoms with Gasteiger partial charge in [0.25, 0.3) is 0 Å². The van der Waals surface area contributed by atoms with Gasteiger partial charge in [0.2, 0.25) is 0 Å². The minimum Gasteiger partial charge on any atom is -0.406 e. The van der Waals surface area contributed by atoms with E-state index in [2.05, 4.69) is 15.4 Å². The van der Waals surface area contributed by atoms with E-state index >= 15 is 0 Å². The van der Waals surface area contributed by atoms with Crippen LogP contribution in [0, 0.1) is 0 Å². The van der Waals surface area contributed by atoms with Crippen LogP contribution in [0.1, 0.15) is 13.8 Å². The van der Waals surface area contributed by atoms with E-state index in [4.69, 9.17) is 0 Å². The topological polar surface area (TPSA) is 50.4 Å². The lowest BCUT2D eigenvalue weighted by Crippen LogP contribution is -2.24. The van der Waals surface area contributed by atoms with Gasteiger partial charge in [-0.1, -0.05) is 13.8 Å². The Morgan fingerprint density at radius 1 is 1.17 bits per heavy atom. The van der Waals surface area contributed by atoms with Gasteiger partial charge in [-0.25, -0.2) is 4.79 Å². The predicted molar refractivity (Wildman–Crippen MR) is 62.6 cm³/mol. The van der Waals surface area contributed by atoms with Crippen LogP contribution in [0.2, 0.25) is 0 Å². The van der Waals surface area contributed by atoms with E-state index in [0.29, 0.717) is 5.69 Å². The Morgan fingerprint density at radius 3 is 2.06 bits per heavy atom. The Balaban J connectivity index is 0.00000137. The first-order valence-electron chi connectivity index (χ1n) is 5.25. The molecule has 0 saturated carbocycles. The molecule has 0 bridgehead atoms. The van der Waals surface area contributed by atoms with Crippen molar-refractivity contribution in [3.63, 3.8) is 0 Å². The van der Waals surface area contributed by atoms with Crippen molar-refractivity contribution in [1.82, 2.24) is 5.32 Å². The summed E-state index contributed by atoms with van der Waals surface area (Å²) in [6.07, 6.45) is -4.71. The first kappa shape index (κ1) is 16.1. The van der Waals surface area contributed by atoms with Crippen molar-refractivity contribution >= 4 is 11.7 Å². The fraction of sp³-hybridized carbons (Fsp3) is 0.364. The maximum Gasteiger partial charge on any atom is 0.573 e. The van der Waals surface area contributed by atoms with Crippen molar-refractivity contribution in [3.8, 4) is 5.75 Å². The van der Waals surface area contributed by atoms with Crippen molar-refractivity contribution in [2.45, 2.75) is 20.2 Å². The van der Waals surface area contributed by atoms with E-state index in [1.807, 2.05) is 13.8 Å². The second kappa shape index (κ2) is 7.41. The molecule has 0 aliphatic heterocycles. The van der Waals surface area contributed by atoms with Gasteiger partial charge in [0.05, 0.1) is 0 Å². The standard InChI is InChI=1S/C9H9F3N2O2.C2H6/c1-13-8(15)14-6-2-4-7(5-3-6)16-9(10,11)12;1-2/h2-5H,1H3,(H2,13,14,15);1-2H3. The normalized spacial score (nSPS) is 9.89. The first-order valence-corrected chi connectivity index (χ1v) is 5.25. The summed E-state index contributed by atoms with van der Waals surface area (Å²) in [4.78, 5) is 10.9. The smallest absolute Gasteiger partial charge is 0.406 e. The number of nitrogens with one attached hydrogen (secondary N) is 2. The fourth-order valence-electron chi connectivity index (χ4n) is 0.934. The highest BCUT2D eigenvalue weighted by molar-refractivity contribution is 5.88. The lowest BCUT2D eigenvalue weighted by atomic mass is 10.3. The van der Waals surface area contributed by atoms with Crippen LogP contribution in [-0.2, 0) is 0 Å². The zero-order valence-electron chi connectivity index (χ0n) is 10.3. The van der Waals surface area contributed by atoms with Crippen LogP contribution in [0.3, 0.4) is 0 Å². The summed E-state index contributed by atoms with van der Waals surface area (Å²) >= 11 is 0. The maximum absolute atomic E-state index is 11.8. The van der Waals surface area contributed by atoms with E-state index in [1.165, 1.54) is 19.2 Å². The number of carbonyl (C=O) groups excluding carboxylic acids is 1. The number of carbonyl (C=O) groups is 1. The average molecular weight is 264 g/mol. The predicted octanol–water partition coefficient (Wildman–Crippen LogP) is 3.36. The molecule has 0 unspecified atom stereocenters. The number of amides is 2. The lowest BCUT2D eigenvalue weighted by Gasteiger charge is -2.09. The third kappa shape index (κ3) is 6.62. The van der Waals surface area contributed by atoms with Gasteiger partial charge in [-0.3, -0.25) is 0 Å². The number of urea groups is 1. The van der Waals surface area contributed by atoms with Gasteiger partial charge in [-0.2, -0.15) is 0 Å². The van der Waals surface area contributed by atoms with Crippen LogP contribution in [0.5, 0.6) is 5.75 Å². The van der Waals surface area contributed by atoms with Gasteiger partial charge in [0.1, 0.15) is 5.75 Å². The Kier molecular flexibility index (Phi) is 6.62. The molecule has 4 nitrogen and oxygen atoms in total. The highest BCUT2D eigenvalue weighted by atomic mass is 19.4. The number of hydrogen-bond donors (Lipinski definition) is 2. The Hall–Kier alpha value is -1.92. The van der Waals surface area contributed by atoms with Crippen LogP contribution in [0.25, 0.3) is 0 Å². The number of halogens is 3. The number of benzene rings is 1. The number of alkyl halides is 3. The molecular formula is C11H15F3N2O2. The molecule has 0 fully saturated rings. The van der Waals surface area contributed by atoms with E-state index in [9.17, 15) is 18.0 Å². The fourth-order valence-corrected chi connectivity index (χ4v) is 0.934. The quantitative estimate of drug-likeness (QED) is 0.860. The van der Waals surface area contributed by atoms with Crippen LogP contribution < -0.4 is 15.4 Å². The van der Waals surface area contributed by atoms with Gasteiger partial charge < -0.3 is 15.4 Å². The van der Waals surface area contributed by atoms with Gasteiger partial charge >= 0.3 is 12.4 Å². The van der Waals surface area contributed by atoms with E-state index in [-0.39, 0.29) is 5.75 Å².